The predicted octanol–water partition coefficient (Wildman–Crippen LogP) is 2.70. The highest BCUT2D eigenvalue weighted by Gasteiger charge is 2.21. The fourth-order valence-corrected chi connectivity index (χ4v) is 1.33. The zero-order chi connectivity index (χ0) is 11.5. The molecular formula is C10H17ClN4. The van der Waals surface area contributed by atoms with Gasteiger partial charge in [-0.2, -0.15) is 0 Å². The first-order chi connectivity index (χ1) is 7.02. The minimum Gasteiger partial charge on any atom is -0.382 e. The lowest BCUT2D eigenvalue weighted by molar-refractivity contribution is 0.476. The number of nitrogens with one attached hydrogen (secondary N) is 1. The highest BCUT2D eigenvalue weighted by atomic mass is 35.5. The van der Waals surface area contributed by atoms with E-state index in [1.807, 2.05) is 0 Å². The quantitative estimate of drug-likeness (QED) is 0.832. The zero-order valence-electron chi connectivity index (χ0n) is 9.34. The maximum Gasteiger partial charge on any atom is 0.150 e. The van der Waals surface area contributed by atoms with Crippen LogP contribution in [0.2, 0.25) is 5.02 Å². The molecule has 1 aromatic heterocycles. The number of rotatable bonds is 4. The Balaban J connectivity index is 2.94. The van der Waals surface area contributed by atoms with Crippen LogP contribution in [0.25, 0.3) is 0 Å². The highest BCUT2D eigenvalue weighted by molar-refractivity contribution is 6.35. The molecule has 3 N–H and O–H groups in total. The molecule has 0 spiro atoms. The fourth-order valence-electron chi connectivity index (χ4n) is 1.18. The maximum absolute atomic E-state index is 6.00. The standard InChI is InChI=1S/C10H17ClN4/c1-4-10(3,5-2)15-9-7(11)8(12)13-6-14-9/h6H,4-5H2,1-3H3,(H3,12,13,14,15). The monoisotopic (exact) mass is 228 g/mol. The summed E-state index contributed by atoms with van der Waals surface area (Å²) in [4.78, 5) is 7.90. The lowest BCUT2D eigenvalue weighted by Gasteiger charge is -2.29. The smallest absolute Gasteiger partial charge is 0.150 e. The molecule has 0 aromatic carbocycles. The van der Waals surface area contributed by atoms with Crippen LogP contribution in [0.15, 0.2) is 6.33 Å². The van der Waals surface area contributed by atoms with E-state index < -0.39 is 0 Å². The molecule has 0 aliphatic heterocycles. The van der Waals surface area contributed by atoms with E-state index in [0.29, 0.717) is 16.7 Å². The number of hydrogen-bond donors (Lipinski definition) is 2. The Morgan fingerprint density at radius 2 is 2.00 bits per heavy atom. The van der Waals surface area contributed by atoms with Crippen LogP contribution in [0, 0.1) is 0 Å². The van der Waals surface area contributed by atoms with Crippen molar-refractivity contribution in [2.45, 2.75) is 39.2 Å². The molecule has 4 nitrogen and oxygen atoms in total. The number of anilines is 2. The third-order valence-electron chi connectivity index (χ3n) is 2.80. The van der Waals surface area contributed by atoms with Gasteiger partial charge in [0.05, 0.1) is 0 Å². The van der Waals surface area contributed by atoms with Gasteiger partial charge < -0.3 is 11.1 Å². The zero-order valence-corrected chi connectivity index (χ0v) is 10.1. The minimum absolute atomic E-state index is 0.00949. The van der Waals surface area contributed by atoms with Crippen molar-refractivity contribution in [2.75, 3.05) is 11.1 Å². The van der Waals surface area contributed by atoms with Gasteiger partial charge in [0.1, 0.15) is 17.2 Å². The molecule has 0 amide bonds. The summed E-state index contributed by atoms with van der Waals surface area (Å²) in [6.07, 6.45) is 3.39. The average Bonchev–Trinajstić information content (AvgIpc) is 2.25. The molecule has 0 radical (unpaired) electrons. The summed E-state index contributed by atoms with van der Waals surface area (Å²) in [6, 6.07) is 0. The molecule has 15 heavy (non-hydrogen) atoms. The van der Waals surface area contributed by atoms with Crippen molar-refractivity contribution in [2.24, 2.45) is 0 Å². The largest absolute Gasteiger partial charge is 0.382 e. The van der Waals surface area contributed by atoms with Crippen molar-refractivity contribution >= 4 is 23.2 Å². The summed E-state index contributed by atoms with van der Waals surface area (Å²) in [5.41, 5.74) is 5.59. The van der Waals surface area contributed by atoms with Crippen LogP contribution < -0.4 is 11.1 Å². The van der Waals surface area contributed by atoms with Crippen molar-refractivity contribution in [3.05, 3.63) is 11.3 Å². The summed E-state index contributed by atoms with van der Waals surface area (Å²) >= 11 is 6.00. The molecular weight excluding hydrogens is 212 g/mol. The first-order valence-electron chi connectivity index (χ1n) is 5.06. The average molecular weight is 229 g/mol. The Kier molecular flexibility index (Phi) is 3.74. The van der Waals surface area contributed by atoms with E-state index in [4.69, 9.17) is 17.3 Å². The van der Waals surface area contributed by atoms with Crippen LogP contribution in [0.1, 0.15) is 33.6 Å². The molecule has 0 unspecified atom stereocenters. The van der Waals surface area contributed by atoms with Gasteiger partial charge in [-0.1, -0.05) is 25.4 Å². The number of halogens is 1. The molecule has 0 aliphatic carbocycles. The van der Waals surface area contributed by atoms with E-state index in [1.54, 1.807) is 0 Å². The van der Waals surface area contributed by atoms with E-state index in [9.17, 15) is 0 Å². The molecule has 0 atom stereocenters. The van der Waals surface area contributed by atoms with Crippen LogP contribution in [0.3, 0.4) is 0 Å². The molecule has 0 fully saturated rings. The van der Waals surface area contributed by atoms with Gasteiger partial charge in [0.15, 0.2) is 5.82 Å². The van der Waals surface area contributed by atoms with Crippen molar-refractivity contribution in [1.29, 1.82) is 0 Å². The normalized spacial score (nSPS) is 11.5. The predicted molar refractivity (Wildman–Crippen MR) is 64.1 cm³/mol. The summed E-state index contributed by atoms with van der Waals surface area (Å²) in [6.45, 7) is 6.37. The minimum atomic E-state index is -0.00949. The topological polar surface area (TPSA) is 63.8 Å². The molecule has 0 saturated carbocycles. The lowest BCUT2D eigenvalue weighted by Crippen LogP contribution is -2.33. The van der Waals surface area contributed by atoms with Crippen molar-refractivity contribution < 1.29 is 0 Å². The van der Waals surface area contributed by atoms with Crippen LogP contribution >= 0.6 is 11.6 Å². The SMILES string of the molecule is CCC(C)(CC)Nc1ncnc(N)c1Cl. The molecule has 0 aliphatic rings. The number of aromatic nitrogens is 2. The second-order valence-electron chi connectivity index (χ2n) is 3.81. The summed E-state index contributed by atoms with van der Waals surface area (Å²) in [5, 5.41) is 3.69. The Labute approximate surface area is 95.3 Å². The molecule has 1 aromatic rings. The first-order valence-corrected chi connectivity index (χ1v) is 5.44. The summed E-state index contributed by atoms with van der Waals surface area (Å²) in [7, 11) is 0. The second kappa shape index (κ2) is 4.66. The van der Waals surface area contributed by atoms with Crippen molar-refractivity contribution in [3.63, 3.8) is 0 Å². The summed E-state index contributed by atoms with van der Waals surface area (Å²) in [5.74, 6) is 0.916. The Hall–Kier alpha value is -1.03. The van der Waals surface area contributed by atoms with Gasteiger partial charge in [-0.3, -0.25) is 0 Å². The van der Waals surface area contributed by atoms with Crippen LogP contribution in [0.4, 0.5) is 11.6 Å². The van der Waals surface area contributed by atoms with E-state index >= 15 is 0 Å². The van der Waals surface area contributed by atoms with Gasteiger partial charge >= 0.3 is 0 Å². The second-order valence-corrected chi connectivity index (χ2v) is 4.19. The third kappa shape index (κ3) is 2.72. The fraction of sp³-hybridized carbons (Fsp3) is 0.600. The Morgan fingerprint density at radius 1 is 1.40 bits per heavy atom. The molecule has 5 heteroatoms. The molecule has 1 heterocycles. The maximum atomic E-state index is 6.00. The highest BCUT2D eigenvalue weighted by Crippen LogP contribution is 2.28. The molecule has 84 valence electrons. The number of nitrogens with two attached hydrogens (primary N) is 1. The molecule has 1 rings (SSSR count). The first kappa shape index (κ1) is 12.0. The Bertz CT molecular complexity index is 336. The van der Waals surface area contributed by atoms with Gasteiger partial charge in [-0.15, -0.1) is 0 Å². The Morgan fingerprint density at radius 3 is 2.53 bits per heavy atom. The molecule has 0 saturated heterocycles. The van der Waals surface area contributed by atoms with E-state index in [-0.39, 0.29) is 5.54 Å². The number of nitrogens with zero attached hydrogens (tertiary/aromatic N) is 2. The third-order valence-corrected chi connectivity index (χ3v) is 3.17. The van der Waals surface area contributed by atoms with Crippen molar-refractivity contribution in [3.8, 4) is 0 Å². The summed E-state index contributed by atoms with van der Waals surface area (Å²) < 4.78 is 0. The van der Waals surface area contributed by atoms with Crippen LogP contribution in [0.5, 0.6) is 0 Å². The van der Waals surface area contributed by atoms with Crippen LogP contribution in [-0.2, 0) is 0 Å². The van der Waals surface area contributed by atoms with E-state index in [1.165, 1.54) is 6.33 Å². The lowest BCUT2D eigenvalue weighted by atomic mass is 9.96. The van der Waals surface area contributed by atoms with E-state index in [2.05, 4.69) is 36.1 Å². The van der Waals surface area contributed by atoms with Gasteiger partial charge in [0.25, 0.3) is 0 Å². The molecule has 0 bridgehead atoms. The number of hydrogen-bond acceptors (Lipinski definition) is 4. The number of nitrogen functional groups attached to an aromatic ring is 1. The van der Waals surface area contributed by atoms with Gasteiger partial charge in [-0.05, 0) is 19.8 Å². The van der Waals surface area contributed by atoms with Crippen molar-refractivity contribution in [1.82, 2.24) is 9.97 Å². The van der Waals surface area contributed by atoms with Crippen LogP contribution in [-0.4, -0.2) is 15.5 Å². The van der Waals surface area contributed by atoms with Gasteiger partial charge in [-0.25, -0.2) is 9.97 Å². The van der Waals surface area contributed by atoms with Gasteiger partial charge in [0, 0.05) is 5.54 Å². The van der Waals surface area contributed by atoms with E-state index in [0.717, 1.165) is 12.8 Å². The van der Waals surface area contributed by atoms with Gasteiger partial charge in [0.2, 0.25) is 0 Å².